The zero-order chi connectivity index (χ0) is 40.1. The number of aromatic carboxylic acids is 1. The number of hydrogen-bond donors (Lipinski definition) is 2. The van der Waals surface area contributed by atoms with Crippen LogP contribution >= 0.6 is 0 Å². The number of halogens is 2. The Bertz CT molecular complexity index is 2530. The summed E-state index contributed by atoms with van der Waals surface area (Å²) in [5.41, 5.74) is 8.14. The van der Waals surface area contributed by atoms with Gasteiger partial charge in [-0.25, -0.2) is 23.6 Å². The summed E-state index contributed by atoms with van der Waals surface area (Å²) in [7, 11) is 4.56. The third-order valence-corrected chi connectivity index (χ3v) is 10.5. The van der Waals surface area contributed by atoms with E-state index >= 15 is 4.39 Å². The second-order valence-electron chi connectivity index (χ2n) is 14.0. The monoisotopic (exact) mass is 780 g/mol. The average Bonchev–Trinajstić information content (AvgIpc) is 4.02. The molecule has 8 rings (SSSR count). The molecule has 0 spiro atoms. The van der Waals surface area contributed by atoms with Crippen molar-refractivity contribution in [3.05, 3.63) is 99.0 Å². The van der Waals surface area contributed by atoms with E-state index in [-0.39, 0.29) is 46.7 Å². The molecule has 1 saturated heterocycles. The summed E-state index contributed by atoms with van der Waals surface area (Å²) in [5.74, 6) is -1.52. The van der Waals surface area contributed by atoms with Crippen molar-refractivity contribution < 1.29 is 37.7 Å². The Morgan fingerprint density at radius 2 is 1.68 bits per heavy atom. The van der Waals surface area contributed by atoms with Crippen LogP contribution in [-0.4, -0.2) is 96.3 Å². The molecule has 294 valence electrons. The first-order chi connectivity index (χ1) is 27.5. The van der Waals surface area contributed by atoms with E-state index in [9.17, 15) is 23.9 Å². The molecule has 3 aliphatic rings. The molecule has 2 aromatic heterocycles. The van der Waals surface area contributed by atoms with Gasteiger partial charge < -0.3 is 34.5 Å². The number of benzene rings is 3. The van der Waals surface area contributed by atoms with Crippen molar-refractivity contribution in [2.24, 2.45) is 4.99 Å². The summed E-state index contributed by atoms with van der Waals surface area (Å²) in [6.45, 7) is 1.85. The molecule has 15 nitrogen and oxygen atoms in total. The second-order valence-corrected chi connectivity index (χ2v) is 14.0. The number of pyridine rings is 1. The fourth-order valence-corrected chi connectivity index (χ4v) is 7.43. The molecule has 0 radical (unpaired) electrons. The van der Waals surface area contributed by atoms with E-state index in [4.69, 9.17) is 19.9 Å². The number of aromatic nitrogens is 3. The number of carbonyl (C=O) groups is 2. The normalized spacial score (nSPS) is 16.4. The summed E-state index contributed by atoms with van der Waals surface area (Å²) in [6.07, 6.45) is 4.88. The maximum Gasteiger partial charge on any atom is 0.341 e. The number of anilines is 3. The summed E-state index contributed by atoms with van der Waals surface area (Å²) >= 11 is 0. The molecule has 1 saturated carbocycles. The maximum absolute atomic E-state index is 15.6. The molecular formula is C40H38F2N8O7. The summed E-state index contributed by atoms with van der Waals surface area (Å²) in [6, 6.07) is 10.4. The molecule has 0 unspecified atom stereocenters. The third-order valence-electron chi connectivity index (χ3n) is 10.5. The third kappa shape index (κ3) is 6.94. The van der Waals surface area contributed by atoms with Crippen LogP contribution in [0.4, 0.5) is 31.9 Å². The smallest absolute Gasteiger partial charge is 0.341 e. The molecule has 2 fully saturated rings. The molecule has 4 heterocycles. The van der Waals surface area contributed by atoms with Gasteiger partial charge in [0.15, 0.2) is 11.5 Å². The zero-order valence-electron chi connectivity index (χ0n) is 31.3. The van der Waals surface area contributed by atoms with Crippen molar-refractivity contribution in [3.8, 4) is 17.2 Å². The van der Waals surface area contributed by atoms with Crippen LogP contribution in [0.3, 0.4) is 0 Å². The molecule has 57 heavy (non-hydrogen) atoms. The van der Waals surface area contributed by atoms with Gasteiger partial charge in [-0.3, -0.25) is 19.4 Å². The lowest BCUT2D eigenvalue weighted by molar-refractivity contribution is -0.112. The topological polar surface area (TPSA) is 178 Å². The molecule has 0 atom stereocenters. The Kier molecular flexibility index (Phi) is 9.69. The van der Waals surface area contributed by atoms with Gasteiger partial charge in [-0.15, -0.1) is 0 Å². The maximum atomic E-state index is 15.6. The number of carboxylic acids is 1. The van der Waals surface area contributed by atoms with E-state index in [0.29, 0.717) is 72.3 Å². The summed E-state index contributed by atoms with van der Waals surface area (Å²) < 4.78 is 48.3. The Labute approximate surface area is 324 Å². The number of hydrogen-bond acceptors (Lipinski definition) is 12. The first-order valence-electron chi connectivity index (χ1n) is 18.2. The number of nitrogens with two attached hydrogens (primary N) is 1. The Morgan fingerprint density at radius 1 is 0.965 bits per heavy atom. The van der Waals surface area contributed by atoms with E-state index in [1.165, 1.54) is 56.8 Å². The molecule has 17 heteroatoms. The van der Waals surface area contributed by atoms with Crippen molar-refractivity contribution in [2.75, 3.05) is 69.7 Å². The molecule has 3 aromatic carbocycles. The van der Waals surface area contributed by atoms with Crippen molar-refractivity contribution in [2.45, 2.75) is 25.3 Å². The number of amides is 1. The fourth-order valence-electron chi connectivity index (χ4n) is 7.43. The number of rotatable bonds is 11. The minimum Gasteiger partial charge on any atom is -0.493 e. The minimum absolute atomic E-state index is 0.0291. The van der Waals surface area contributed by atoms with E-state index < -0.39 is 28.9 Å². The molecule has 5 aromatic rings. The average molecular weight is 781 g/mol. The van der Waals surface area contributed by atoms with Crippen LogP contribution in [0.25, 0.3) is 10.9 Å². The van der Waals surface area contributed by atoms with Crippen LogP contribution < -0.4 is 35.2 Å². The molecule has 2 aliphatic heterocycles. The Hall–Kier alpha value is -6.62. The predicted molar refractivity (Wildman–Crippen MR) is 207 cm³/mol. The molecule has 0 bridgehead atoms. The number of piperazine rings is 1. The lowest BCUT2D eigenvalue weighted by Gasteiger charge is -2.38. The van der Waals surface area contributed by atoms with Gasteiger partial charge in [0.05, 0.1) is 44.9 Å². The number of nitrogen functional groups attached to an aromatic ring is 1. The van der Waals surface area contributed by atoms with Crippen LogP contribution in [0, 0.1) is 11.6 Å². The molecule has 1 amide bonds. The van der Waals surface area contributed by atoms with Crippen LogP contribution in [0.5, 0.6) is 17.2 Å². The number of ether oxygens (including phenoxy) is 3. The highest BCUT2D eigenvalue weighted by Crippen LogP contribution is 2.40. The van der Waals surface area contributed by atoms with Gasteiger partial charge in [-0.1, -0.05) is 0 Å². The largest absolute Gasteiger partial charge is 0.493 e. The zero-order valence-corrected chi connectivity index (χ0v) is 31.3. The predicted octanol–water partition coefficient (Wildman–Crippen LogP) is 4.55. The standard InChI is InChI=1S/C40H38F2N8O7/c1-55-32-13-21(14-33(56-2)36(32)57-3)12-22-18-44-40(46-37(22)43)45-34-25-15-23(41)4-7-29(25)50(38(34)52)20-47-8-10-48(11-9-47)31-17-30-26(16-28(31)42)35(51)27(39(53)54)19-49(30)24-5-6-24/h4,7,13-19,24H,5-6,8-12,20H2,1-3H3,(H,53,54)(H2,43,44,46). The van der Waals surface area contributed by atoms with Crippen molar-refractivity contribution in [1.29, 1.82) is 0 Å². The van der Waals surface area contributed by atoms with E-state index in [2.05, 4.69) is 15.0 Å². The van der Waals surface area contributed by atoms with Crippen molar-refractivity contribution in [3.63, 3.8) is 0 Å². The van der Waals surface area contributed by atoms with E-state index in [1.54, 1.807) is 22.8 Å². The number of nitrogens with zero attached hydrogens (tertiary/aromatic N) is 7. The van der Waals surface area contributed by atoms with Gasteiger partial charge in [0.2, 0.25) is 11.2 Å². The first kappa shape index (κ1) is 37.3. The van der Waals surface area contributed by atoms with Crippen molar-refractivity contribution >= 4 is 51.6 Å². The first-order valence-corrected chi connectivity index (χ1v) is 18.2. The lowest BCUT2D eigenvalue weighted by atomic mass is 10.1. The Morgan fingerprint density at radius 3 is 2.32 bits per heavy atom. The van der Waals surface area contributed by atoms with Crippen LogP contribution in [0.2, 0.25) is 0 Å². The van der Waals surface area contributed by atoms with Gasteiger partial charge in [-0.05, 0) is 60.9 Å². The number of fused-ring (bicyclic) bond motifs is 2. The molecule has 1 aliphatic carbocycles. The quantitative estimate of drug-likeness (QED) is 0.192. The minimum atomic E-state index is -1.35. The van der Waals surface area contributed by atoms with Gasteiger partial charge in [0.25, 0.3) is 11.9 Å². The molecular weight excluding hydrogens is 742 g/mol. The number of aliphatic imine (C=N–C) groups is 1. The second kappa shape index (κ2) is 14.8. The van der Waals surface area contributed by atoms with Crippen LogP contribution in [0.1, 0.15) is 45.9 Å². The van der Waals surface area contributed by atoms with E-state index in [0.717, 1.165) is 24.5 Å². The summed E-state index contributed by atoms with van der Waals surface area (Å²) in [4.78, 5) is 57.2. The van der Waals surface area contributed by atoms with Crippen LogP contribution in [0.15, 0.2) is 64.6 Å². The highest BCUT2D eigenvalue weighted by Gasteiger charge is 2.37. The number of carboxylic acid groups (broad SMARTS) is 1. The Balaban J connectivity index is 0.996. The highest BCUT2D eigenvalue weighted by molar-refractivity contribution is 6.54. The highest BCUT2D eigenvalue weighted by atomic mass is 19.1. The van der Waals surface area contributed by atoms with Gasteiger partial charge in [-0.2, -0.15) is 4.98 Å². The van der Waals surface area contributed by atoms with Gasteiger partial charge >= 0.3 is 5.97 Å². The molecule has 3 N–H and O–H groups in total. The van der Waals surface area contributed by atoms with Gasteiger partial charge in [0, 0.05) is 67.5 Å². The number of carbonyl (C=O) groups excluding carboxylic acids is 1. The van der Waals surface area contributed by atoms with Gasteiger partial charge in [0.1, 0.15) is 28.7 Å². The SMILES string of the molecule is COc1cc(Cc2cnc(N=C3C(=O)N(CN4CCN(c5cc6c(cc5F)c(=O)c(C(=O)O)cn6C5CC5)CC4)c4ccc(F)cc43)nc2N)cc(OC)c1OC. The van der Waals surface area contributed by atoms with E-state index in [1.807, 2.05) is 9.80 Å². The number of methoxy groups -OCH3 is 3. The fraction of sp³-hybridized carbons (Fsp3) is 0.300. The van der Waals surface area contributed by atoms with Crippen molar-refractivity contribution in [1.82, 2.24) is 19.4 Å². The van der Waals surface area contributed by atoms with Crippen LogP contribution in [-0.2, 0) is 11.2 Å². The lowest BCUT2D eigenvalue weighted by Crippen LogP contribution is -2.51. The summed E-state index contributed by atoms with van der Waals surface area (Å²) in [5, 5.41) is 9.61.